The lowest BCUT2D eigenvalue weighted by molar-refractivity contribution is 0.0953. The summed E-state index contributed by atoms with van der Waals surface area (Å²) in [4.78, 5) is 12.3. The molecule has 4 nitrogen and oxygen atoms in total. The van der Waals surface area contributed by atoms with E-state index < -0.39 is 0 Å². The summed E-state index contributed by atoms with van der Waals surface area (Å²) in [5.41, 5.74) is 1.62. The number of carbonyl (C=O) groups is 1. The van der Waals surface area contributed by atoms with Crippen LogP contribution >= 0.6 is 11.6 Å². The van der Waals surface area contributed by atoms with Crippen molar-refractivity contribution in [1.82, 2.24) is 5.32 Å². The first-order chi connectivity index (χ1) is 11.2. The molecule has 0 spiro atoms. The third kappa shape index (κ3) is 4.63. The van der Waals surface area contributed by atoms with Crippen LogP contribution in [0.15, 0.2) is 42.5 Å². The number of carbonyl (C=O) groups excluding carboxylic acids is 1. The lowest BCUT2D eigenvalue weighted by Gasteiger charge is -2.13. The van der Waals surface area contributed by atoms with Crippen molar-refractivity contribution in [2.24, 2.45) is 0 Å². The molecule has 0 unspecified atom stereocenters. The highest BCUT2D eigenvalue weighted by Gasteiger charge is 2.15. The summed E-state index contributed by atoms with van der Waals surface area (Å²) < 4.78 is 10.7. The second kappa shape index (κ2) is 8.44. The van der Waals surface area contributed by atoms with Crippen LogP contribution < -0.4 is 14.8 Å². The summed E-state index contributed by atoms with van der Waals surface area (Å²) in [7, 11) is 1.52. The molecule has 0 aromatic heterocycles. The molecule has 1 N–H and O–H groups in total. The van der Waals surface area contributed by atoms with E-state index >= 15 is 0 Å². The molecule has 0 aliphatic carbocycles. The predicted molar refractivity (Wildman–Crippen MR) is 91.7 cm³/mol. The Morgan fingerprint density at radius 2 is 1.96 bits per heavy atom. The Morgan fingerprint density at radius 3 is 2.61 bits per heavy atom. The number of halogens is 1. The lowest BCUT2D eigenvalue weighted by Crippen LogP contribution is -2.25. The fraction of sp³-hybridized carbons (Fsp3) is 0.278. The third-order valence-electron chi connectivity index (χ3n) is 3.32. The molecule has 0 saturated heterocycles. The van der Waals surface area contributed by atoms with E-state index in [4.69, 9.17) is 21.1 Å². The van der Waals surface area contributed by atoms with Crippen molar-refractivity contribution in [3.8, 4) is 11.5 Å². The number of rotatable bonds is 7. The van der Waals surface area contributed by atoms with Crippen LogP contribution in [0, 0.1) is 0 Å². The molecular formula is C18H20ClNO3. The van der Waals surface area contributed by atoms with Crippen molar-refractivity contribution in [3.63, 3.8) is 0 Å². The van der Waals surface area contributed by atoms with Gasteiger partial charge in [-0.2, -0.15) is 0 Å². The number of methoxy groups -OCH3 is 1. The van der Waals surface area contributed by atoms with Gasteiger partial charge in [-0.25, -0.2) is 0 Å². The van der Waals surface area contributed by atoms with E-state index in [0.717, 1.165) is 6.42 Å². The van der Waals surface area contributed by atoms with Crippen molar-refractivity contribution >= 4 is 17.5 Å². The fourth-order valence-electron chi connectivity index (χ4n) is 2.20. The van der Waals surface area contributed by atoms with Gasteiger partial charge < -0.3 is 14.8 Å². The van der Waals surface area contributed by atoms with E-state index in [9.17, 15) is 4.79 Å². The molecule has 2 aromatic carbocycles. The normalized spacial score (nSPS) is 10.2. The summed E-state index contributed by atoms with van der Waals surface area (Å²) in [6, 6.07) is 13.2. The van der Waals surface area contributed by atoms with E-state index in [0.29, 0.717) is 35.2 Å². The Hall–Kier alpha value is -2.20. The highest BCUT2D eigenvalue weighted by atomic mass is 35.5. The zero-order valence-electron chi connectivity index (χ0n) is 13.3. The van der Waals surface area contributed by atoms with Crippen LogP contribution in [0.3, 0.4) is 0 Å². The van der Waals surface area contributed by atoms with Crippen LogP contribution in [0.2, 0.25) is 5.02 Å². The van der Waals surface area contributed by atoms with Gasteiger partial charge in [0.15, 0.2) is 11.5 Å². The van der Waals surface area contributed by atoms with Gasteiger partial charge in [0.2, 0.25) is 0 Å². The molecule has 2 rings (SSSR count). The standard InChI is InChI=1S/C18H20ClNO3/c1-3-23-17-15(19)11-14(12-16(17)22-2)18(21)20-10-9-13-7-5-4-6-8-13/h4-8,11-12H,3,9-10H2,1-2H3,(H,20,21). The molecule has 0 aliphatic rings. The Kier molecular flexibility index (Phi) is 6.29. The van der Waals surface area contributed by atoms with Crippen molar-refractivity contribution in [1.29, 1.82) is 0 Å². The Balaban J connectivity index is 2.03. The van der Waals surface area contributed by atoms with Crippen LogP contribution in [0.25, 0.3) is 0 Å². The summed E-state index contributed by atoms with van der Waals surface area (Å²) in [5, 5.41) is 3.24. The second-order valence-electron chi connectivity index (χ2n) is 4.91. The van der Waals surface area contributed by atoms with Gasteiger partial charge in [-0.1, -0.05) is 41.9 Å². The minimum absolute atomic E-state index is 0.191. The van der Waals surface area contributed by atoms with Crippen LogP contribution in [-0.4, -0.2) is 26.2 Å². The molecule has 0 radical (unpaired) electrons. The van der Waals surface area contributed by atoms with Gasteiger partial charge in [0, 0.05) is 12.1 Å². The zero-order valence-corrected chi connectivity index (χ0v) is 14.0. The molecule has 0 saturated carbocycles. The molecule has 5 heteroatoms. The molecule has 0 heterocycles. The van der Waals surface area contributed by atoms with Crippen LogP contribution in [0.5, 0.6) is 11.5 Å². The first kappa shape index (κ1) is 17.2. The van der Waals surface area contributed by atoms with E-state index in [1.54, 1.807) is 12.1 Å². The zero-order chi connectivity index (χ0) is 16.7. The van der Waals surface area contributed by atoms with Gasteiger partial charge in [0.25, 0.3) is 5.91 Å². The summed E-state index contributed by atoms with van der Waals surface area (Å²) in [6.45, 7) is 2.88. The largest absolute Gasteiger partial charge is 0.493 e. The molecule has 0 aliphatic heterocycles. The number of benzene rings is 2. The monoisotopic (exact) mass is 333 g/mol. The SMILES string of the molecule is CCOc1c(Cl)cc(C(=O)NCCc2ccccc2)cc1OC. The first-order valence-corrected chi connectivity index (χ1v) is 7.86. The third-order valence-corrected chi connectivity index (χ3v) is 3.60. The molecule has 1 amide bonds. The van der Waals surface area contributed by atoms with Gasteiger partial charge >= 0.3 is 0 Å². The lowest BCUT2D eigenvalue weighted by atomic mass is 10.1. The number of amides is 1. The average Bonchev–Trinajstić information content (AvgIpc) is 2.57. The van der Waals surface area contributed by atoms with E-state index in [1.165, 1.54) is 12.7 Å². The number of nitrogens with one attached hydrogen (secondary N) is 1. The highest BCUT2D eigenvalue weighted by molar-refractivity contribution is 6.32. The summed E-state index contributed by atoms with van der Waals surface area (Å²) in [5.74, 6) is 0.717. The molecule has 0 atom stereocenters. The Bertz CT molecular complexity index is 659. The number of hydrogen-bond acceptors (Lipinski definition) is 3. The quantitative estimate of drug-likeness (QED) is 0.840. The predicted octanol–water partition coefficient (Wildman–Crippen LogP) is 3.72. The van der Waals surface area contributed by atoms with Crippen LogP contribution in [0.1, 0.15) is 22.8 Å². The van der Waals surface area contributed by atoms with Gasteiger partial charge in [0.1, 0.15) is 0 Å². The summed E-state index contributed by atoms with van der Waals surface area (Å²) in [6.07, 6.45) is 0.772. The molecule has 0 bridgehead atoms. The van der Waals surface area contributed by atoms with Gasteiger partial charge in [-0.15, -0.1) is 0 Å². The van der Waals surface area contributed by atoms with E-state index in [-0.39, 0.29) is 5.91 Å². The molecule has 23 heavy (non-hydrogen) atoms. The molecule has 122 valence electrons. The summed E-state index contributed by atoms with van der Waals surface area (Å²) >= 11 is 6.18. The Labute approximate surface area is 141 Å². The van der Waals surface area contributed by atoms with Crippen molar-refractivity contribution < 1.29 is 14.3 Å². The molecular weight excluding hydrogens is 314 g/mol. The van der Waals surface area contributed by atoms with Crippen molar-refractivity contribution in [2.45, 2.75) is 13.3 Å². The van der Waals surface area contributed by atoms with Crippen LogP contribution in [0.4, 0.5) is 0 Å². The minimum Gasteiger partial charge on any atom is -0.493 e. The number of hydrogen-bond donors (Lipinski definition) is 1. The van der Waals surface area contributed by atoms with Crippen LogP contribution in [-0.2, 0) is 6.42 Å². The topological polar surface area (TPSA) is 47.6 Å². The maximum atomic E-state index is 12.3. The van der Waals surface area contributed by atoms with Crippen molar-refractivity contribution in [2.75, 3.05) is 20.3 Å². The maximum Gasteiger partial charge on any atom is 0.251 e. The van der Waals surface area contributed by atoms with Gasteiger partial charge in [-0.3, -0.25) is 4.79 Å². The fourth-order valence-corrected chi connectivity index (χ4v) is 2.47. The molecule has 2 aromatic rings. The smallest absolute Gasteiger partial charge is 0.251 e. The van der Waals surface area contributed by atoms with Crippen molar-refractivity contribution in [3.05, 3.63) is 58.6 Å². The van der Waals surface area contributed by atoms with E-state index in [1.807, 2.05) is 37.3 Å². The first-order valence-electron chi connectivity index (χ1n) is 7.48. The maximum absolute atomic E-state index is 12.3. The van der Waals surface area contributed by atoms with E-state index in [2.05, 4.69) is 5.32 Å². The van der Waals surface area contributed by atoms with Gasteiger partial charge in [-0.05, 0) is 31.0 Å². The minimum atomic E-state index is -0.191. The average molecular weight is 334 g/mol. The van der Waals surface area contributed by atoms with Gasteiger partial charge in [0.05, 0.1) is 18.7 Å². The number of ether oxygens (including phenoxy) is 2. The highest BCUT2D eigenvalue weighted by Crippen LogP contribution is 2.36. The second-order valence-corrected chi connectivity index (χ2v) is 5.32. The Morgan fingerprint density at radius 1 is 1.22 bits per heavy atom. The molecule has 0 fully saturated rings.